The van der Waals surface area contributed by atoms with Gasteiger partial charge in [-0.1, -0.05) is 6.07 Å². The first-order valence-electron chi connectivity index (χ1n) is 7.64. The van der Waals surface area contributed by atoms with Crippen molar-refractivity contribution < 1.29 is 9.59 Å². The summed E-state index contributed by atoms with van der Waals surface area (Å²) >= 11 is 0. The molecule has 0 aromatic heterocycles. The van der Waals surface area contributed by atoms with E-state index in [-0.39, 0.29) is 17.4 Å². The molecule has 6 nitrogen and oxygen atoms in total. The summed E-state index contributed by atoms with van der Waals surface area (Å²) in [6, 6.07) is 9.02. The standard InChI is InChI=1S/C17H20N4O2/c1-13(22)20-16-7-5-6-15(10-16)19-12-14(11-18)17(23)21-8-3-2-4-9-21/h5-7,10,12,19H,2-4,8-9H2,1H3,(H,20,22)/b14-12-. The molecule has 2 N–H and O–H groups in total. The molecule has 1 heterocycles. The Kier molecular flexibility index (Phi) is 5.75. The van der Waals surface area contributed by atoms with E-state index in [0.29, 0.717) is 24.5 Å². The number of nitrogens with zero attached hydrogens (tertiary/aromatic N) is 2. The van der Waals surface area contributed by atoms with Gasteiger partial charge in [0.15, 0.2) is 0 Å². The van der Waals surface area contributed by atoms with E-state index >= 15 is 0 Å². The Labute approximate surface area is 135 Å². The molecule has 6 heteroatoms. The van der Waals surface area contributed by atoms with Gasteiger partial charge in [0, 0.05) is 37.6 Å². The fourth-order valence-corrected chi connectivity index (χ4v) is 2.45. The number of amides is 2. The van der Waals surface area contributed by atoms with Gasteiger partial charge < -0.3 is 15.5 Å². The van der Waals surface area contributed by atoms with Gasteiger partial charge in [-0.2, -0.15) is 5.26 Å². The van der Waals surface area contributed by atoms with Crippen molar-refractivity contribution in [1.29, 1.82) is 5.26 Å². The van der Waals surface area contributed by atoms with Crippen LogP contribution in [0.2, 0.25) is 0 Å². The molecule has 2 amide bonds. The van der Waals surface area contributed by atoms with Crippen LogP contribution in [0.25, 0.3) is 0 Å². The minimum atomic E-state index is -0.238. The first-order valence-corrected chi connectivity index (χ1v) is 7.64. The minimum Gasteiger partial charge on any atom is -0.360 e. The lowest BCUT2D eigenvalue weighted by Crippen LogP contribution is -2.36. The highest BCUT2D eigenvalue weighted by atomic mass is 16.2. The van der Waals surface area contributed by atoms with Crippen molar-refractivity contribution in [2.24, 2.45) is 0 Å². The van der Waals surface area contributed by atoms with Crippen molar-refractivity contribution in [2.75, 3.05) is 23.7 Å². The molecular formula is C17H20N4O2. The lowest BCUT2D eigenvalue weighted by molar-refractivity contribution is -0.127. The molecule has 1 aliphatic rings. The van der Waals surface area contributed by atoms with Gasteiger partial charge in [0.25, 0.3) is 5.91 Å². The van der Waals surface area contributed by atoms with Gasteiger partial charge in [-0.25, -0.2) is 0 Å². The topological polar surface area (TPSA) is 85.2 Å². The molecule has 1 aromatic rings. The second kappa shape index (κ2) is 7.99. The molecule has 0 aliphatic carbocycles. The van der Waals surface area contributed by atoms with Crippen molar-refractivity contribution in [3.05, 3.63) is 36.0 Å². The molecule has 0 unspecified atom stereocenters. The van der Waals surface area contributed by atoms with E-state index in [1.807, 2.05) is 6.07 Å². The monoisotopic (exact) mass is 312 g/mol. The Morgan fingerprint density at radius 2 is 1.91 bits per heavy atom. The van der Waals surface area contributed by atoms with Crippen LogP contribution in [-0.4, -0.2) is 29.8 Å². The highest BCUT2D eigenvalue weighted by Gasteiger charge is 2.20. The van der Waals surface area contributed by atoms with Crippen molar-refractivity contribution in [3.63, 3.8) is 0 Å². The first kappa shape index (κ1) is 16.6. The molecule has 0 saturated carbocycles. The Morgan fingerprint density at radius 3 is 2.57 bits per heavy atom. The summed E-state index contributed by atoms with van der Waals surface area (Å²) in [4.78, 5) is 25.1. The van der Waals surface area contributed by atoms with Crippen LogP contribution in [0, 0.1) is 11.3 Å². The highest BCUT2D eigenvalue weighted by molar-refractivity contribution is 5.97. The zero-order chi connectivity index (χ0) is 16.7. The number of carbonyl (C=O) groups is 2. The fraction of sp³-hybridized carbons (Fsp3) is 0.353. The molecule has 2 rings (SSSR count). The van der Waals surface area contributed by atoms with Gasteiger partial charge >= 0.3 is 0 Å². The van der Waals surface area contributed by atoms with Crippen LogP contribution in [0.3, 0.4) is 0 Å². The van der Waals surface area contributed by atoms with Crippen molar-refractivity contribution >= 4 is 23.2 Å². The number of piperidine rings is 1. The number of rotatable bonds is 4. The Bertz CT molecular complexity index is 655. The lowest BCUT2D eigenvalue weighted by atomic mass is 10.1. The maximum absolute atomic E-state index is 12.3. The van der Waals surface area contributed by atoms with Crippen LogP contribution in [0.1, 0.15) is 26.2 Å². The molecule has 1 aromatic carbocycles. The highest BCUT2D eigenvalue weighted by Crippen LogP contribution is 2.16. The van der Waals surface area contributed by atoms with Crippen LogP contribution in [0.5, 0.6) is 0 Å². The van der Waals surface area contributed by atoms with Gasteiger partial charge in [0.05, 0.1) is 0 Å². The maximum atomic E-state index is 12.3. The van der Waals surface area contributed by atoms with E-state index in [4.69, 9.17) is 0 Å². The van der Waals surface area contributed by atoms with E-state index in [9.17, 15) is 14.9 Å². The molecule has 0 bridgehead atoms. The zero-order valence-electron chi connectivity index (χ0n) is 13.1. The number of anilines is 2. The molecule has 23 heavy (non-hydrogen) atoms. The number of hydrogen-bond acceptors (Lipinski definition) is 4. The summed E-state index contributed by atoms with van der Waals surface area (Å²) in [7, 11) is 0. The summed E-state index contributed by atoms with van der Waals surface area (Å²) in [5.74, 6) is -0.395. The summed E-state index contributed by atoms with van der Waals surface area (Å²) in [6.45, 7) is 2.84. The maximum Gasteiger partial charge on any atom is 0.266 e. The van der Waals surface area contributed by atoms with Crippen molar-refractivity contribution in [1.82, 2.24) is 4.90 Å². The number of carbonyl (C=O) groups excluding carboxylic acids is 2. The first-order chi connectivity index (χ1) is 11.1. The van der Waals surface area contributed by atoms with E-state index < -0.39 is 0 Å². The summed E-state index contributed by atoms with van der Waals surface area (Å²) in [5.41, 5.74) is 1.42. The fourth-order valence-electron chi connectivity index (χ4n) is 2.45. The van der Waals surface area contributed by atoms with E-state index in [0.717, 1.165) is 19.3 Å². The number of likely N-dealkylation sites (tertiary alicyclic amines) is 1. The second-order valence-electron chi connectivity index (χ2n) is 5.43. The third-order valence-electron chi connectivity index (χ3n) is 3.56. The number of hydrogen-bond donors (Lipinski definition) is 2. The van der Waals surface area contributed by atoms with Crippen LogP contribution in [0.15, 0.2) is 36.0 Å². The predicted octanol–water partition coefficient (Wildman–Crippen LogP) is 2.48. The quantitative estimate of drug-likeness (QED) is 0.660. The number of nitrogens with one attached hydrogen (secondary N) is 2. The molecule has 0 atom stereocenters. The number of benzene rings is 1. The Balaban J connectivity index is 2.05. The predicted molar refractivity (Wildman–Crippen MR) is 88.5 cm³/mol. The van der Waals surface area contributed by atoms with Gasteiger partial charge in [0.2, 0.25) is 5.91 Å². The second-order valence-corrected chi connectivity index (χ2v) is 5.43. The molecule has 1 fully saturated rings. The molecule has 120 valence electrons. The summed E-state index contributed by atoms with van der Waals surface area (Å²) in [5, 5.41) is 14.8. The van der Waals surface area contributed by atoms with Gasteiger partial charge in [-0.05, 0) is 37.5 Å². The summed E-state index contributed by atoms with van der Waals surface area (Å²) < 4.78 is 0. The van der Waals surface area contributed by atoms with Crippen LogP contribution in [0.4, 0.5) is 11.4 Å². The van der Waals surface area contributed by atoms with Crippen LogP contribution in [-0.2, 0) is 9.59 Å². The van der Waals surface area contributed by atoms with Crippen LogP contribution >= 0.6 is 0 Å². The van der Waals surface area contributed by atoms with E-state index in [1.165, 1.54) is 13.1 Å². The third-order valence-corrected chi connectivity index (χ3v) is 3.56. The molecule has 1 aliphatic heterocycles. The lowest BCUT2D eigenvalue weighted by Gasteiger charge is -2.26. The largest absolute Gasteiger partial charge is 0.360 e. The van der Waals surface area contributed by atoms with Gasteiger partial charge in [-0.3, -0.25) is 9.59 Å². The third kappa shape index (κ3) is 4.85. The Morgan fingerprint density at radius 1 is 1.22 bits per heavy atom. The number of nitriles is 1. The SMILES string of the molecule is CC(=O)Nc1cccc(N/C=C(/C#N)C(=O)N2CCCCC2)c1. The summed E-state index contributed by atoms with van der Waals surface area (Å²) in [6.07, 6.45) is 4.51. The molecule has 0 spiro atoms. The van der Waals surface area contributed by atoms with Crippen molar-refractivity contribution in [2.45, 2.75) is 26.2 Å². The van der Waals surface area contributed by atoms with Crippen LogP contribution < -0.4 is 10.6 Å². The molecular weight excluding hydrogens is 292 g/mol. The van der Waals surface area contributed by atoms with Gasteiger partial charge in [-0.15, -0.1) is 0 Å². The normalized spacial score (nSPS) is 14.8. The minimum absolute atomic E-state index is 0.0804. The van der Waals surface area contributed by atoms with E-state index in [2.05, 4.69) is 10.6 Å². The zero-order valence-corrected chi connectivity index (χ0v) is 13.1. The molecule has 1 saturated heterocycles. The average molecular weight is 312 g/mol. The Hall–Kier alpha value is -2.81. The van der Waals surface area contributed by atoms with Gasteiger partial charge in [0.1, 0.15) is 11.6 Å². The molecule has 0 radical (unpaired) electrons. The average Bonchev–Trinajstić information content (AvgIpc) is 2.56. The smallest absolute Gasteiger partial charge is 0.266 e. The van der Waals surface area contributed by atoms with Crippen molar-refractivity contribution in [3.8, 4) is 6.07 Å². The van der Waals surface area contributed by atoms with E-state index in [1.54, 1.807) is 29.2 Å².